The molecule has 2 aliphatic rings. The van der Waals surface area contributed by atoms with Crippen LogP contribution in [-0.4, -0.2) is 79.3 Å². The number of amides is 2. The van der Waals surface area contributed by atoms with Crippen molar-refractivity contribution >= 4 is 88.8 Å². The van der Waals surface area contributed by atoms with Crippen molar-refractivity contribution in [3.05, 3.63) is 58.5 Å². The predicted octanol–water partition coefficient (Wildman–Crippen LogP) is 3.74. The molecule has 0 aliphatic carbocycles. The molecule has 3 atom stereocenters. The van der Waals surface area contributed by atoms with Crippen LogP contribution in [-0.2, 0) is 28.6 Å². The number of hydrogen-bond acceptors (Lipinski definition) is 14. The molecule has 0 radical (unpaired) electrons. The first kappa shape index (κ1) is 37.3. The Morgan fingerprint density at radius 2 is 1.96 bits per heavy atom. The molecule has 244 valence electrons. The number of allylic oxidation sites excluding steroid dienone is 1. The second-order valence-electron chi connectivity index (χ2n) is 9.27. The highest BCUT2D eigenvalue weighted by atomic mass is 35.5. The van der Waals surface area contributed by atoms with Crippen LogP contribution in [0.15, 0.2) is 52.4 Å². The number of carbonyl (C=O) groups excluding carboxylic acids is 4. The van der Waals surface area contributed by atoms with E-state index in [0.717, 1.165) is 16.9 Å². The second kappa shape index (κ2) is 17.0. The fourth-order valence-electron chi connectivity index (χ4n) is 4.24. The molecule has 0 spiro atoms. The smallest absolute Gasteiger partial charge is 0.431 e. The third-order valence-electron chi connectivity index (χ3n) is 6.43. The van der Waals surface area contributed by atoms with Crippen molar-refractivity contribution in [1.82, 2.24) is 20.2 Å². The Hall–Kier alpha value is -3.86. The van der Waals surface area contributed by atoms with Crippen LogP contribution < -0.4 is 11.1 Å². The van der Waals surface area contributed by atoms with Gasteiger partial charge < -0.3 is 30.5 Å². The standard InChI is InChI=1S/C27H30N6O8S2.2ClH/c1-4-17(5-2)41-27(37)40-14(3)39-25(36)21-16(9-8-15-7-6-10-29-11-15)12-42-24-20(23(35)33(21)24)31-22(34)19(32-38)18-13-43-26(28)30-18;;/h6-11,13-14,17,20,24,38H,4-5,12H2,1-3H3,(H2,28,30)(H,31,34);2*1H/b9-8-,32-19?;;/t14?,20-,24+;;/m1../s1. The molecule has 14 nitrogen and oxygen atoms in total. The molecule has 4 heterocycles. The predicted molar refractivity (Wildman–Crippen MR) is 172 cm³/mol. The number of nitrogen functional groups attached to an aromatic ring is 1. The minimum Gasteiger partial charge on any atom is -0.431 e. The molecule has 2 aromatic heterocycles. The molecule has 2 aromatic rings. The number of pyridine rings is 1. The Morgan fingerprint density at radius 1 is 1.22 bits per heavy atom. The summed E-state index contributed by atoms with van der Waals surface area (Å²) in [7, 11) is 0. The van der Waals surface area contributed by atoms with Crippen LogP contribution in [0.25, 0.3) is 6.08 Å². The van der Waals surface area contributed by atoms with Crippen LogP contribution in [0.2, 0.25) is 0 Å². The number of carbonyl (C=O) groups is 4. The van der Waals surface area contributed by atoms with Gasteiger partial charge in [0.1, 0.15) is 28.9 Å². The molecule has 4 rings (SSSR count). The highest BCUT2D eigenvalue weighted by Crippen LogP contribution is 2.41. The number of esters is 1. The number of ether oxygens (including phenoxy) is 3. The summed E-state index contributed by atoms with van der Waals surface area (Å²) in [6.07, 6.45) is 5.21. The fourth-order valence-corrected chi connectivity index (χ4v) is 6.10. The number of hydrogen-bond donors (Lipinski definition) is 3. The van der Waals surface area contributed by atoms with Crippen LogP contribution in [0.4, 0.5) is 9.93 Å². The highest BCUT2D eigenvalue weighted by Gasteiger charge is 2.54. The van der Waals surface area contributed by atoms with Gasteiger partial charge in [0.2, 0.25) is 6.29 Å². The van der Waals surface area contributed by atoms with Gasteiger partial charge in [-0.15, -0.1) is 47.9 Å². The van der Waals surface area contributed by atoms with Gasteiger partial charge in [0.05, 0.1) is 0 Å². The maximum Gasteiger partial charge on any atom is 0.511 e. The first-order valence-electron chi connectivity index (χ1n) is 13.2. The number of thiazole rings is 1. The van der Waals surface area contributed by atoms with Gasteiger partial charge >= 0.3 is 12.1 Å². The number of nitrogens with two attached hydrogens (primary N) is 1. The summed E-state index contributed by atoms with van der Waals surface area (Å²) in [6.45, 7) is 5.08. The average molecular weight is 704 g/mol. The molecule has 4 N–H and O–H groups in total. The maximum atomic E-state index is 13.4. The van der Waals surface area contributed by atoms with Gasteiger partial charge in [-0.1, -0.05) is 37.2 Å². The van der Waals surface area contributed by atoms with E-state index in [0.29, 0.717) is 18.4 Å². The molecule has 1 saturated heterocycles. The molecule has 2 aliphatic heterocycles. The van der Waals surface area contributed by atoms with Gasteiger partial charge in [-0.3, -0.25) is 19.5 Å². The van der Waals surface area contributed by atoms with E-state index in [2.05, 4.69) is 20.4 Å². The number of rotatable bonds is 11. The van der Waals surface area contributed by atoms with E-state index < -0.39 is 47.4 Å². The monoisotopic (exact) mass is 702 g/mol. The molecular weight excluding hydrogens is 671 g/mol. The second-order valence-corrected chi connectivity index (χ2v) is 11.3. The Morgan fingerprint density at radius 3 is 2.56 bits per heavy atom. The number of thioether (sulfide) groups is 1. The summed E-state index contributed by atoms with van der Waals surface area (Å²) in [6, 6.07) is 2.53. The quantitative estimate of drug-likeness (QED) is 0.0767. The van der Waals surface area contributed by atoms with Crippen molar-refractivity contribution in [2.24, 2.45) is 5.16 Å². The minimum absolute atomic E-state index is 0. The number of nitrogens with one attached hydrogen (secondary N) is 1. The van der Waals surface area contributed by atoms with Crippen molar-refractivity contribution in [1.29, 1.82) is 0 Å². The molecule has 2 amide bonds. The number of nitrogens with zero attached hydrogens (tertiary/aromatic N) is 4. The van der Waals surface area contributed by atoms with Crippen LogP contribution in [0.3, 0.4) is 0 Å². The van der Waals surface area contributed by atoms with Crippen molar-refractivity contribution in [2.75, 3.05) is 11.5 Å². The number of β-lactam (4-membered cyclic amide) rings is 1. The third kappa shape index (κ3) is 8.87. The van der Waals surface area contributed by atoms with Crippen molar-refractivity contribution in [3.8, 4) is 0 Å². The summed E-state index contributed by atoms with van der Waals surface area (Å²) < 4.78 is 15.7. The molecule has 45 heavy (non-hydrogen) atoms. The van der Waals surface area contributed by atoms with E-state index in [1.165, 1.54) is 29.0 Å². The average Bonchev–Trinajstić information content (AvgIpc) is 3.43. The largest absolute Gasteiger partial charge is 0.511 e. The molecule has 18 heteroatoms. The zero-order valence-electron chi connectivity index (χ0n) is 24.3. The lowest BCUT2D eigenvalue weighted by atomic mass is 10.0. The summed E-state index contributed by atoms with van der Waals surface area (Å²) in [5, 5.41) is 15.9. The fraction of sp³-hybridized carbons (Fsp3) is 0.370. The van der Waals surface area contributed by atoms with Crippen LogP contribution in [0.5, 0.6) is 0 Å². The van der Waals surface area contributed by atoms with E-state index in [4.69, 9.17) is 19.9 Å². The maximum absolute atomic E-state index is 13.4. The van der Waals surface area contributed by atoms with E-state index in [9.17, 15) is 24.4 Å². The van der Waals surface area contributed by atoms with Crippen LogP contribution in [0.1, 0.15) is 44.9 Å². The molecule has 1 unspecified atom stereocenters. The number of halogens is 2. The molecule has 0 saturated carbocycles. The van der Waals surface area contributed by atoms with E-state index in [1.54, 1.807) is 30.6 Å². The van der Waals surface area contributed by atoms with Crippen LogP contribution in [0, 0.1) is 0 Å². The Bertz CT molecular complexity index is 1470. The Labute approximate surface area is 279 Å². The van der Waals surface area contributed by atoms with Crippen molar-refractivity contribution < 1.29 is 38.6 Å². The van der Waals surface area contributed by atoms with Gasteiger partial charge in [0.15, 0.2) is 10.8 Å². The van der Waals surface area contributed by atoms with Gasteiger partial charge in [-0.25, -0.2) is 14.6 Å². The lowest BCUT2D eigenvalue weighted by Gasteiger charge is -2.49. The van der Waals surface area contributed by atoms with Gasteiger partial charge in [-0.2, -0.15) is 0 Å². The zero-order valence-corrected chi connectivity index (χ0v) is 27.5. The number of fused-ring (bicyclic) bond motifs is 1. The number of oxime groups is 1. The van der Waals surface area contributed by atoms with E-state index in [1.807, 2.05) is 19.9 Å². The summed E-state index contributed by atoms with van der Waals surface area (Å²) in [4.78, 5) is 61.0. The van der Waals surface area contributed by atoms with Crippen molar-refractivity contribution in [3.63, 3.8) is 0 Å². The Balaban J connectivity index is 0.00000353. The highest BCUT2D eigenvalue weighted by molar-refractivity contribution is 8.00. The first-order valence-corrected chi connectivity index (χ1v) is 15.2. The van der Waals surface area contributed by atoms with Crippen molar-refractivity contribution in [2.45, 2.75) is 57.4 Å². The lowest BCUT2D eigenvalue weighted by Crippen LogP contribution is -2.71. The van der Waals surface area contributed by atoms with E-state index in [-0.39, 0.29) is 53.2 Å². The Kier molecular flexibility index (Phi) is 14.1. The normalized spacial score (nSPS) is 18.3. The third-order valence-corrected chi connectivity index (χ3v) is 8.40. The van der Waals surface area contributed by atoms with Gasteiger partial charge in [0, 0.05) is 30.5 Å². The van der Waals surface area contributed by atoms with E-state index >= 15 is 0 Å². The molecule has 0 bridgehead atoms. The lowest BCUT2D eigenvalue weighted by molar-refractivity contribution is -0.169. The summed E-state index contributed by atoms with van der Waals surface area (Å²) in [5.41, 5.74) is 6.41. The molecule has 0 aromatic carbocycles. The molecule has 1 fully saturated rings. The zero-order chi connectivity index (χ0) is 31.1. The van der Waals surface area contributed by atoms with Crippen LogP contribution >= 0.6 is 47.9 Å². The molecular formula is C27H32Cl2N6O8S2. The number of anilines is 1. The number of aromatic nitrogens is 2. The summed E-state index contributed by atoms with van der Waals surface area (Å²) in [5.74, 6) is -2.08. The summed E-state index contributed by atoms with van der Waals surface area (Å²) >= 11 is 2.36. The SMILES string of the molecule is CCC(CC)OC(=O)OC(C)OC(=O)C1=C(/C=C\c2cccnc2)CS[C@H]2[C@H](NC(=O)C(=NO)c3csc(N)n3)C(=O)N12.Cl.Cl. The first-order chi connectivity index (χ1) is 20.7. The topological polar surface area (TPSA) is 196 Å². The van der Waals surface area contributed by atoms with Gasteiger partial charge in [-0.05, 0) is 30.0 Å². The minimum atomic E-state index is -1.32. The van der Waals surface area contributed by atoms with Gasteiger partial charge in [0.25, 0.3) is 11.8 Å².